The van der Waals surface area contributed by atoms with Crippen LogP contribution in [0, 0.1) is 0 Å². The first-order valence-electron chi connectivity index (χ1n) is 12.1. The number of benzene rings is 1. The second-order valence-corrected chi connectivity index (χ2v) is 10.4. The zero-order chi connectivity index (χ0) is 23.8. The Hall–Kier alpha value is -2.28. The summed E-state index contributed by atoms with van der Waals surface area (Å²) < 4.78 is -0.0303. The maximum atomic E-state index is 13.7. The van der Waals surface area contributed by atoms with E-state index in [-0.39, 0.29) is 22.9 Å². The van der Waals surface area contributed by atoms with Crippen LogP contribution < -0.4 is 11.1 Å². The molecule has 2 amide bonds. The van der Waals surface area contributed by atoms with Gasteiger partial charge in [-0.1, -0.05) is 80.5 Å². The molecule has 1 aromatic carbocycles. The largest absolute Gasteiger partial charge is 0.280 e. The quantitative estimate of drug-likeness (QED) is 0.201. The van der Waals surface area contributed by atoms with Crippen LogP contribution in [0.4, 0.5) is 0 Å². The fourth-order valence-electron chi connectivity index (χ4n) is 5.15. The first kappa shape index (κ1) is 23.9. The Labute approximate surface area is 202 Å². The van der Waals surface area contributed by atoms with Gasteiger partial charge in [-0.05, 0) is 36.1 Å². The van der Waals surface area contributed by atoms with E-state index in [2.05, 4.69) is 29.8 Å². The first-order valence-corrected chi connectivity index (χ1v) is 12.9. The van der Waals surface area contributed by atoms with E-state index in [0.29, 0.717) is 35.0 Å². The fraction of sp³-hybridized carbons (Fsp3) is 0.538. The van der Waals surface area contributed by atoms with Crippen LogP contribution in [0.1, 0.15) is 82.3 Å². The average Bonchev–Trinajstić information content (AvgIpc) is 3.06. The van der Waals surface area contributed by atoms with Gasteiger partial charge in [-0.15, -0.1) is 0 Å². The van der Waals surface area contributed by atoms with Crippen LogP contribution in [0.5, 0.6) is 0 Å². The molecular formula is C26H31BrN2O4. The lowest BCUT2D eigenvalue weighted by Crippen LogP contribution is -2.44. The molecule has 4 heterocycles. The lowest BCUT2D eigenvalue weighted by atomic mass is 9.80. The molecule has 1 aliphatic carbocycles. The number of imide groups is 1. The Bertz CT molecular complexity index is 1220. The predicted octanol–water partition coefficient (Wildman–Crippen LogP) is 4.57. The number of carbonyl (C=O) groups is 2. The van der Waals surface area contributed by atoms with Gasteiger partial charge in [0.25, 0.3) is 17.0 Å². The average molecular weight is 515 g/mol. The summed E-state index contributed by atoms with van der Waals surface area (Å²) >= 11 is 3.62. The van der Waals surface area contributed by atoms with Gasteiger partial charge in [0.1, 0.15) is 4.32 Å². The van der Waals surface area contributed by atoms with E-state index in [1.807, 2.05) is 0 Å². The highest BCUT2D eigenvalue weighted by Gasteiger charge is 2.52. The van der Waals surface area contributed by atoms with E-state index < -0.39 is 10.2 Å². The summed E-state index contributed by atoms with van der Waals surface area (Å²) in [7, 11) is 0. The Morgan fingerprint density at radius 1 is 0.848 bits per heavy atom. The highest BCUT2D eigenvalue weighted by atomic mass is 79.9. The number of hydrogen-bond acceptors (Lipinski definition) is 4. The molecule has 0 saturated heterocycles. The highest BCUT2D eigenvalue weighted by Crippen LogP contribution is 2.49. The van der Waals surface area contributed by atoms with Crippen molar-refractivity contribution in [1.29, 1.82) is 0 Å². The molecule has 0 saturated carbocycles. The lowest BCUT2D eigenvalue weighted by Gasteiger charge is -2.28. The SMILES string of the molecule is CCCCCCN1C(=O)C2C=CC(Br)(C1=O)c1c2c2ccc1c(=O)n(CCCCCC)c2=O. The summed E-state index contributed by atoms with van der Waals surface area (Å²) in [5.41, 5.74) is 0.216. The van der Waals surface area contributed by atoms with Gasteiger partial charge in [-0.2, -0.15) is 0 Å². The minimum Gasteiger partial charge on any atom is -0.280 e. The number of rotatable bonds is 10. The molecule has 0 radical (unpaired) electrons. The maximum absolute atomic E-state index is 13.7. The summed E-state index contributed by atoms with van der Waals surface area (Å²) in [6.07, 6.45) is 11.0. The molecule has 2 unspecified atom stereocenters. The third-order valence-corrected chi connectivity index (χ3v) is 7.95. The van der Waals surface area contributed by atoms with E-state index in [1.54, 1.807) is 24.3 Å². The Morgan fingerprint density at radius 2 is 1.45 bits per heavy atom. The van der Waals surface area contributed by atoms with Gasteiger partial charge in [0.15, 0.2) is 0 Å². The molecule has 3 aromatic rings. The highest BCUT2D eigenvalue weighted by molar-refractivity contribution is 9.10. The molecule has 6 nitrogen and oxygen atoms in total. The van der Waals surface area contributed by atoms with E-state index in [1.165, 1.54) is 9.47 Å². The summed E-state index contributed by atoms with van der Waals surface area (Å²) in [4.78, 5) is 55.5. The normalized spacial score (nSPS) is 21.8. The molecule has 4 bridgehead atoms. The molecule has 2 aromatic heterocycles. The van der Waals surface area contributed by atoms with Gasteiger partial charge >= 0.3 is 0 Å². The monoisotopic (exact) mass is 514 g/mol. The second-order valence-electron chi connectivity index (χ2n) is 9.18. The van der Waals surface area contributed by atoms with E-state index in [4.69, 9.17) is 0 Å². The van der Waals surface area contributed by atoms with Crippen molar-refractivity contribution >= 4 is 38.5 Å². The number of alkyl halides is 1. The number of fused-ring (bicyclic) bond motifs is 5. The molecule has 176 valence electrons. The van der Waals surface area contributed by atoms with Gasteiger partial charge < -0.3 is 0 Å². The summed E-state index contributed by atoms with van der Waals surface area (Å²) in [6, 6.07) is 3.29. The smallest absolute Gasteiger partial charge is 0.261 e. The van der Waals surface area contributed by atoms with Gasteiger partial charge in [-0.25, -0.2) is 0 Å². The lowest BCUT2D eigenvalue weighted by molar-refractivity contribution is -0.145. The van der Waals surface area contributed by atoms with Gasteiger partial charge in [0.05, 0.1) is 5.92 Å². The third-order valence-electron chi connectivity index (χ3n) is 6.95. The molecule has 3 aliphatic rings. The molecule has 33 heavy (non-hydrogen) atoms. The van der Waals surface area contributed by atoms with Crippen LogP contribution in [0.25, 0.3) is 10.8 Å². The van der Waals surface area contributed by atoms with Gasteiger partial charge in [0, 0.05) is 23.9 Å². The van der Waals surface area contributed by atoms with Crippen LogP contribution in [-0.4, -0.2) is 27.8 Å². The zero-order valence-electron chi connectivity index (χ0n) is 19.4. The van der Waals surface area contributed by atoms with Crippen molar-refractivity contribution in [1.82, 2.24) is 9.47 Å². The van der Waals surface area contributed by atoms with E-state index >= 15 is 0 Å². The number of aromatic nitrogens is 1. The molecule has 2 aliphatic heterocycles. The summed E-state index contributed by atoms with van der Waals surface area (Å²) in [5, 5.41) is 0.678. The van der Waals surface area contributed by atoms with Gasteiger partial charge in [-0.3, -0.25) is 28.6 Å². The topological polar surface area (TPSA) is 76.5 Å². The predicted molar refractivity (Wildman–Crippen MR) is 133 cm³/mol. The van der Waals surface area contributed by atoms with Crippen LogP contribution >= 0.6 is 15.9 Å². The molecule has 0 N–H and O–H groups in total. The van der Waals surface area contributed by atoms with Crippen LogP contribution in [0.15, 0.2) is 33.9 Å². The fourth-order valence-corrected chi connectivity index (χ4v) is 5.94. The molecule has 7 heteroatoms. The second kappa shape index (κ2) is 9.53. The molecule has 0 fully saturated rings. The summed E-state index contributed by atoms with van der Waals surface area (Å²) in [5.74, 6) is -1.44. The number of unbranched alkanes of at least 4 members (excludes halogenated alkanes) is 6. The summed E-state index contributed by atoms with van der Waals surface area (Å²) in [6.45, 7) is 4.90. The van der Waals surface area contributed by atoms with Crippen molar-refractivity contribution in [3.8, 4) is 0 Å². The first-order chi connectivity index (χ1) is 15.9. The maximum Gasteiger partial charge on any atom is 0.261 e. The van der Waals surface area contributed by atoms with Crippen molar-refractivity contribution in [2.45, 2.75) is 82.0 Å². The van der Waals surface area contributed by atoms with Crippen molar-refractivity contribution < 1.29 is 9.59 Å². The van der Waals surface area contributed by atoms with Crippen molar-refractivity contribution in [2.75, 3.05) is 6.54 Å². The van der Waals surface area contributed by atoms with Crippen molar-refractivity contribution in [2.24, 2.45) is 0 Å². The Kier molecular flexibility index (Phi) is 6.89. The Balaban J connectivity index is 1.84. The molecular weight excluding hydrogens is 484 g/mol. The third kappa shape index (κ3) is 3.88. The van der Waals surface area contributed by atoms with E-state index in [9.17, 15) is 19.2 Å². The van der Waals surface area contributed by atoms with Crippen LogP contribution in [-0.2, 0) is 20.5 Å². The molecule has 6 rings (SSSR count). The number of halogens is 1. The van der Waals surface area contributed by atoms with E-state index in [0.717, 1.165) is 51.4 Å². The number of amides is 2. The number of hydrogen-bond donors (Lipinski definition) is 0. The number of nitrogens with zero attached hydrogens (tertiary/aromatic N) is 2. The van der Waals surface area contributed by atoms with Crippen molar-refractivity contribution in [3.05, 3.63) is 56.1 Å². The molecule has 2 atom stereocenters. The Morgan fingerprint density at radius 3 is 2.12 bits per heavy atom. The van der Waals surface area contributed by atoms with Crippen molar-refractivity contribution in [3.63, 3.8) is 0 Å². The minimum absolute atomic E-state index is 0.317. The standard InChI is InChI=1S/C26H31BrN2O4/c1-3-5-7-9-15-28-22(30)17-11-12-19(24(28)32)21-20(17)18-13-14-26(21,27)25(33)29(23(18)31)16-10-8-6-4-2/h11-14,18H,3-10,15-16H2,1-2H3. The van der Waals surface area contributed by atoms with Crippen LogP contribution in [0.3, 0.4) is 0 Å². The molecule has 0 spiro atoms. The van der Waals surface area contributed by atoms with Gasteiger partial charge in [0.2, 0.25) is 5.91 Å². The number of carbonyl (C=O) groups excluding carboxylic acids is 2. The van der Waals surface area contributed by atoms with Crippen LogP contribution in [0.2, 0.25) is 0 Å². The zero-order valence-corrected chi connectivity index (χ0v) is 20.9. The minimum atomic E-state index is -1.32.